The van der Waals surface area contributed by atoms with E-state index in [4.69, 9.17) is 22.1 Å². The number of aryl methyl sites for hydroxylation is 1. The average Bonchev–Trinajstić information content (AvgIpc) is 2.75. The highest BCUT2D eigenvalue weighted by atomic mass is 35.5. The SMILES string of the molecule is Cc1ncc(N)cc1C(=O)OCc1ccc(Cl)s1. The molecule has 2 rings (SSSR count). The van der Waals surface area contributed by atoms with E-state index in [1.807, 2.05) is 6.07 Å². The van der Waals surface area contributed by atoms with Gasteiger partial charge in [0.1, 0.15) is 6.61 Å². The quantitative estimate of drug-likeness (QED) is 0.879. The van der Waals surface area contributed by atoms with Crippen LogP contribution in [0.25, 0.3) is 0 Å². The molecule has 0 aliphatic rings. The van der Waals surface area contributed by atoms with E-state index in [9.17, 15) is 4.79 Å². The van der Waals surface area contributed by atoms with E-state index in [0.29, 0.717) is 21.3 Å². The van der Waals surface area contributed by atoms with E-state index in [-0.39, 0.29) is 6.61 Å². The lowest BCUT2D eigenvalue weighted by molar-refractivity contribution is 0.0475. The number of nitrogen functional groups attached to an aromatic ring is 1. The van der Waals surface area contributed by atoms with Crippen LogP contribution in [0.5, 0.6) is 0 Å². The van der Waals surface area contributed by atoms with Crippen molar-refractivity contribution in [2.75, 3.05) is 5.73 Å². The molecule has 0 unspecified atom stereocenters. The number of anilines is 1. The molecule has 0 saturated carbocycles. The number of nitrogens with two attached hydrogens (primary N) is 1. The van der Waals surface area contributed by atoms with Crippen molar-refractivity contribution >= 4 is 34.6 Å². The van der Waals surface area contributed by atoms with Crippen LogP contribution in [0.2, 0.25) is 4.34 Å². The maximum absolute atomic E-state index is 11.9. The third kappa shape index (κ3) is 3.00. The lowest BCUT2D eigenvalue weighted by Crippen LogP contribution is -2.08. The van der Waals surface area contributed by atoms with Gasteiger partial charge in [-0.2, -0.15) is 0 Å². The summed E-state index contributed by atoms with van der Waals surface area (Å²) in [5.41, 5.74) is 7.01. The predicted molar refractivity (Wildman–Crippen MR) is 71.8 cm³/mol. The van der Waals surface area contributed by atoms with Crippen LogP contribution in [0, 0.1) is 6.92 Å². The van der Waals surface area contributed by atoms with Crippen molar-refractivity contribution < 1.29 is 9.53 Å². The van der Waals surface area contributed by atoms with Gasteiger partial charge in [-0.15, -0.1) is 11.3 Å². The van der Waals surface area contributed by atoms with Gasteiger partial charge in [-0.25, -0.2) is 4.79 Å². The largest absolute Gasteiger partial charge is 0.456 e. The maximum Gasteiger partial charge on any atom is 0.340 e. The van der Waals surface area contributed by atoms with E-state index >= 15 is 0 Å². The van der Waals surface area contributed by atoms with Crippen molar-refractivity contribution in [2.24, 2.45) is 0 Å². The van der Waals surface area contributed by atoms with Gasteiger partial charge in [0.25, 0.3) is 0 Å². The third-order valence-electron chi connectivity index (χ3n) is 2.30. The molecular formula is C12H11ClN2O2S. The Labute approximate surface area is 113 Å². The Morgan fingerprint density at radius 1 is 1.56 bits per heavy atom. The Morgan fingerprint density at radius 2 is 2.33 bits per heavy atom. The number of carbonyl (C=O) groups is 1. The average molecular weight is 283 g/mol. The Bertz CT molecular complexity index is 583. The highest BCUT2D eigenvalue weighted by Gasteiger charge is 2.12. The Hall–Kier alpha value is -1.59. The number of aromatic nitrogens is 1. The molecular weight excluding hydrogens is 272 g/mol. The van der Waals surface area contributed by atoms with Gasteiger partial charge in [-0.1, -0.05) is 11.6 Å². The number of ether oxygens (including phenoxy) is 1. The van der Waals surface area contributed by atoms with Gasteiger partial charge < -0.3 is 10.5 Å². The van der Waals surface area contributed by atoms with E-state index < -0.39 is 5.97 Å². The molecule has 0 atom stereocenters. The maximum atomic E-state index is 11.9. The van der Waals surface area contributed by atoms with E-state index in [1.54, 1.807) is 19.1 Å². The summed E-state index contributed by atoms with van der Waals surface area (Å²) in [5.74, 6) is -0.433. The molecule has 0 fully saturated rings. The molecule has 2 N–H and O–H groups in total. The second-order valence-corrected chi connectivity index (χ2v) is 5.48. The minimum Gasteiger partial charge on any atom is -0.456 e. The molecule has 0 saturated heterocycles. The smallest absolute Gasteiger partial charge is 0.340 e. The molecule has 0 spiro atoms. The van der Waals surface area contributed by atoms with Crippen molar-refractivity contribution in [1.82, 2.24) is 4.98 Å². The topological polar surface area (TPSA) is 65.2 Å². The van der Waals surface area contributed by atoms with Gasteiger partial charge in [0, 0.05) is 4.88 Å². The van der Waals surface area contributed by atoms with E-state index in [2.05, 4.69) is 4.98 Å². The zero-order valence-corrected chi connectivity index (χ0v) is 11.2. The minimum atomic E-state index is -0.433. The fourth-order valence-electron chi connectivity index (χ4n) is 1.40. The summed E-state index contributed by atoms with van der Waals surface area (Å²) in [7, 11) is 0. The van der Waals surface area contributed by atoms with Crippen molar-refractivity contribution in [1.29, 1.82) is 0 Å². The third-order valence-corrected chi connectivity index (χ3v) is 3.51. The van der Waals surface area contributed by atoms with Crippen LogP contribution in [0.15, 0.2) is 24.4 Å². The number of halogens is 1. The molecule has 2 aromatic rings. The summed E-state index contributed by atoms with van der Waals surface area (Å²) >= 11 is 7.17. The van der Waals surface area contributed by atoms with Crippen LogP contribution >= 0.6 is 22.9 Å². The number of carbonyl (C=O) groups excluding carboxylic acids is 1. The van der Waals surface area contributed by atoms with Gasteiger partial charge in [-0.05, 0) is 25.1 Å². The van der Waals surface area contributed by atoms with Crippen molar-refractivity contribution in [2.45, 2.75) is 13.5 Å². The molecule has 94 valence electrons. The predicted octanol–water partition coefficient (Wildman–Crippen LogP) is 3.04. The highest BCUT2D eigenvalue weighted by molar-refractivity contribution is 7.16. The second kappa shape index (κ2) is 5.37. The summed E-state index contributed by atoms with van der Waals surface area (Å²) in [6.07, 6.45) is 1.51. The summed E-state index contributed by atoms with van der Waals surface area (Å²) in [6, 6.07) is 5.15. The molecule has 0 amide bonds. The summed E-state index contributed by atoms with van der Waals surface area (Å²) in [4.78, 5) is 16.8. The molecule has 0 aliphatic carbocycles. The van der Waals surface area contributed by atoms with Gasteiger partial charge in [-0.3, -0.25) is 4.98 Å². The molecule has 4 nitrogen and oxygen atoms in total. The Morgan fingerprint density at radius 3 is 3.00 bits per heavy atom. The van der Waals surface area contributed by atoms with Crippen LogP contribution in [0.4, 0.5) is 5.69 Å². The molecule has 0 aliphatic heterocycles. The zero-order valence-electron chi connectivity index (χ0n) is 9.64. The van der Waals surface area contributed by atoms with E-state index in [1.165, 1.54) is 17.5 Å². The minimum absolute atomic E-state index is 0.199. The van der Waals surface area contributed by atoms with Gasteiger partial charge >= 0.3 is 5.97 Å². The number of rotatable bonds is 3. The number of thiophene rings is 1. The fourth-order valence-corrected chi connectivity index (χ4v) is 2.40. The highest BCUT2D eigenvalue weighted by Crippen LogP contribution is 2.22. The summed E-state index contributed by atoms with van der Waals surface area (Å²) in [6.45, 7) is 1.93. The van der Waals surface area contributed by atoms with Crippen LogP contribution in [0.1, 0.15) is 20.9 Å². The summed E-state index contributed by atoms with van der Waals surface area (Å²) in [5, 5.41) is 0. The summed E-state index contributed by atoms with van der Waals surface area (Å²) < 4.78 is 5.85. The molecule has 0 radical (unpaired) electrons. The van der Waals surface area contributed by atoms with Gasteiger partial charge in [0.15, 0.2) is 0 Å². The second-order valence-electron chi connectivity index (χ2n) is 3.68. The standard InChI is InChI=1S/C12H11ClN2O2S/c1-7-10(4-8(14)5-15-7)12(16)17-6-9-2-3-11(13)18-9/h2-5H,6,14H2,1H3. The number of nitrogens with zero attached hydrogens (tertiary/aromatic N) is 1. The van der Waals surface area contributed by atoms with Gasteiger partial charge in [0.2, 0.25) is 0 Å². The zero-order chi connectivity index (χ0) is 13.1. The lowest BCUT2D eigenvalue weighted by Gasteiger charge is -2.06. The molecule has 2 heterocycles. The number of esters is 1. The molecule has 0 aromatic carbocycles. The van der Waals surface area contributed by atoms with Crippen LogP contribution < -0.4 is 5.73 Å². The molecule has 18 heavy (non-hydrogen) atoms. The first-order valence-corrected chi connectivity index (χ1v) is 6.39. The lowest BCUT2D eigenvalue weighted by atomic mass is 10.2. The Balaban J connectivity index is 2.05. The van der Waals surface area contributed by atoms with Crippen LogP contribution in [-0.2, 0) is 11.3 Å². The van der Waals surface area contributed by atoms with Crippen LogP contribution in [0.3, 0.4) is 0 Å². The fraction of sp³-hybridized carbons (Fsp3) is 0.167. The first kappa shape index (κ1) is 12.9. The van der Waals surface area contributed by atoms with Crippen molar-refractivity contribution in [3.05, 3.63) is 44.9 Å². The van der Waals surface area contributed by atoms with Crippen LogP contribution in [-0.4, -0.2) is 11.0 Å². The van der Waals surface area contributed by atoms with Gasteiger partial charge in [0.05, 0.1) is 27.5 Å². The molecule has 6 heteroatoms. The number of hydrogen-bond donors (Lipinski definition) is 1. The monoisotopic (exact) mass is 282 g/mol. The molecule has 0 bridgehead atoms. The first-order valence-electron chi connectivity index (χ1n) is 5.19. The Kier molecular flexibility index (Phi) is 3.84. The number of pyridine rings is 1. The van der Waals surface area contributed by atoms with Crippen molar-refractivity contribution in [3.8, 4) is 0 Å². The normalized spacial score (nSPS) is 10.3. The van der Waals surface area contributed by atoms with Crippen molar-refractivity contribution in [3.63, 3.8) is 0 Å². The number of hydrogen-bond acceptors (Lipinski definition) is 5. The van der Waals surface area contributed by atoms with E-state index in [0.717, 1.165) is 4.88 Å². The first-order chi connectivity index (χ1) is 8.56. The molecule has 2 aromatic heterocycles.